The lowest BCUT2D eigenvalue weighted by Crippen LogP contribution is -1.73. The lowest BCUT2D eigenvalue weighted by atomic mass is 10.2. The molecule has 0 bridgehead atoms. The maximum Gasteiger partial charge on any atom is 0.122 e. The van der Waals surface area contributed by atoms with E-state index in [-0.39, 0.29) is 17.2 Å². The Bertz CT molecular complexity index is 810. The Balaban J connectivity index is 0.000000195. The van der Waals surface area contributed by atoms with Crippen molar-refractivity contribution >= 4 is 11.6 Å². The van der Waals surface area contributed by atoms with Gasteiger partial charge in [0.15, 0.2) is 0 Å². The number of phenols is 4. The van der Waals surface area contributed by atoms with E-state index >= 15 is 0 Å². The Kier molecular flexibility index (Phi) is 8.32. The first-order valence-electron chi connectivity index (χ1n) is 7.89. The number of hydrogen-bond acceptors (Lipinski definition) is 4. The van der Waals surface area contributed by atoms with Gasteiger partial charge in [-0.25, -0.2) is 0 Å². The topological polar surface area (TPSA) is 80.9 Å². The average molecular weight is 375 g/mol. The predicted octanol–water partition coefficient (Wildman–Crippen LogP) is 5.46. The van der Waals surface area contributed by atoms with Gasteiger partial charge < -0.3 is 20.4 Å². The lowest BCUT2D eigenvalue weighted by Gasteiger charge is -1.98. The summed E-state index contributed by atoms with van der Waals surface area (Å²) < 4.78 is 0. The minimum atomic E-state index is 0.134. The monoisotopic (exact) mass is 374 g/mol. The first-order valence-corrected chi connectivity index (χ1v) is 8.26. The van der Waals surface area contributed by atoms with Gasteiger partial charge in [-0.2, -0.15) is 0 Å². The van der Waals surface area contributed by atoms with Gasteiger partial charge in [0.2, 0.25) is 0 Å². The summed E-state index contributed by atoms with van der Waals surface area (Å²) in [4.78, 5) is 0. The van der Waals surface area contributed by atoms with Crippen molar-refractivity contribution in [3.63, 3.8) is 0 Å². The van der Waals surface area contributed by atoms with Crippen LogP contribution < -0.4 is 0 Å². The minimum absolute atomic E-state index is 0.134. The standard InChI is InChI=1S/C7H7ClO.C7H8O2.C7H8O/c1-5-4-6(9)2-3-7(5)8;1-5-6(8)3-2-4-7(5)9;1-6-3-2-4-7(8)5-6/h2-4,9H,1H3;2-4,8-9H,1H3;2-5,8H,1H3. The van der Waals surface area contributed by atoms with Crippen LogP contribution in [0, 0.1) is 20.8 Å². The highest BCUT2D eigenvalue weighted by atomic mass is 35.5. The number of hydrogen-bond donors (Lipinski definition) is 4. The second-order valence-electron chi connectivity index (χ2n) is 5.69. The summed E-state index contributed by atoms with van der Waals surface area (Å²) in [6, 6.07) is 16.7. The zero-order chi connectivity index (χ0) is 19.7. The number of phenolic OH excluding ortho intramolecular Hbond substituents is 4. The Morgan fingerprint density at radius 1 is 0.654 bits per heavy atom. The zero-order valence-corrected chi connectivity index (χ0v) is 15.7. The minimum Gasteiger partial charge on any atom is -0.508 e. The van der Waals surface area contributed by atoms with Crippen LogP contribution in [0.4, 0.5) is 0 Å². The van der Waals surface area contributed by atoms with Crippen LogP contribution >= 0.6 is 11.6 Å². The second kappa shape index (κ2) is 10.2. The van der Waals surface area contributed by atoms with Gasteiger partial charge in [-0.05, 0) is 74.4 Å². The van der Waals surface area contributed by atoms with Crippen LogP contribution in [0.1, 0.15) is 16.7 Å². The van der Waals surface area contributed by atoms with Crippen molar-refractivity contribution < 1.29 is 20.4 Å². The molecule has 0 unspecified atom stereocenters. The average Bonchev–Trinajstić information content (AvgIpc) is 2.57. The first kappa shape index (κ1) is 21.2. The summed E-state index contributed by atoms with van der Waals surface area (Å²) in [5, 5.41) is 36.3. The van der Waals surface area contributed by atoms with Crippen LogP contribution in [0.5, 0.6) is 23.0 Å². The molecule has 0 fully saturated rings. The number of benzene rings is 3. The van der Waals surface area contributed by atoms with Gasteiger partial charge in [-0.3, -0.25) is 0 Å². The van der Waals surface area contributed by atoms with E-state index in [0.717, 1.165) is 11.1 Å². The van der Waals surface area contributed by atoms with Gasteiger partial charge in [0.05, 0.1) is 0 Å². The summed E-state index contributed by atoms with van der Waals surface area (Å²) in [6.45, 7) is 5.45. The molecule has 0 saturated carbocycles. The molecule has 0 atom stereocenters. The van der Waals surface area contributed by atoms with E-state index in [9.17, 15) is 0 Å². The van der Waals surface area contributed by atoms with Gasteiger partial charge in [-0.1, -0.05) is 29.8 Å². The first-order chi connectivity index (χ1) is 12.2. The molecular weight excluding hydrogens is 352 g/mol. The number of aryl methyl sites for hydroxylation is 2. The summed E-state index contributed by atoms with van der Waals surface area (Å²) >= 11 is 5.67. The molecule has 26 heavy (non-hydrogen) atoms. The summed E-state index contributed by atoms with van der Waals surface area (Å²) in [6.07, 6.45) is 0. The molecule has 5 heteroatoms. The second-order valence-corrected chi connectivity index (χ2v) is 6.10. The number of halogens is 1. The normalized spacial score (nSPS) is 9.38. The van der Waals surface area contributed by atoms with E-state index in [4.69, 9.17) is 32.0 Å². The Hall–Kier alpha value is -2.85. The quantitative estimate of drug-likeness (QED) is 0.421. The molecule has 0 aromatic heterocycles. The fourth-order valence-corrected chi connectivity index (χ4v) is 1.99. The molecule has 0 aliphatic heterocycles. The SMILES string of the molecule is Cc1c(O)cccc1O.Cc1cc(O)ccc1Cl.Cc1cccc(O)c1. The maximum absolute atomic E-state index is 8.94. The molecule has 3 rings (SSSR count). The number of aromatic hydroxyl groups is 4. The Labute approximate surface area is 158 Å². The van der Waals surface area contributed by atoms with Crippen molar-refractivity contribution in [3.05, 3.63) is 82.4 Å². The van der Waals surface area contributed by atoms with Crippen molar-refractivity contribution in [1.82, 2.24) is 0 Å². The molecule has 4 N–H and O–H groups in total. The van der Waals surface area contributed by atoms with Gasteiger partial charge in [0, 0.05) is 10.6 Å². The van der Waals surface area contributed by atoms with Crippen LogP contribution in [0.15, 0.2) is 60.7 Å². The van der Waals surface area contributed by atoms with Gasteiger partial charge in [0.1, 0.15) is 23.0 Å². The fourth-order valence-electron chi connectivity index (χ4n) is 1.87. The molecule has 0 saturated heterocycles. The van der Waals surface area contributed by atoms with Crippen LogP contribution in [0.25, 0.3) is 0 Å². The van der Waals surface area contributed by atoms with E-state index in [2.05, 4.69) is 0 Å². The van der Waals surface area contributed by atoms with E-state index in [0.29, 0.717) is 16.3 Å². The highest BCUT2D eigenvalue weighted by molar-refractivity contribution is 6.31. The number of rotatable bonds is 0. The molecule has 3 aromatic rings. The van der Waals surface area contributed by atoms with Crippen molar-refractivity contribution in [2.75, 3.05) is 0 Å². The summed E-state index contributed by atoms with van der Waals surface area (Å²) in [5.41, 5.74) is 2.51. The molecule has 4 nitrogen and oxygen atoms in total. The summed E-state index contributed by atoms with van der Waals surface area (Å²) in [5.74, 6) is 0.868. The molecule has 0 aliphatic carbocycles. The third-order valence-electron chi connectivity index (χ3n) is 3.42. The van der Waals surface area contributed by atoms with Crippen molar-refractivity contribution in [2.45, 2.75) is 20.8 Å². The van der Waals surface area contributed by atoms with Crippen LogP contribution in [0.3, 0.4) is 0 Å². The Morgan fingerprint density at radius 3 is 1.58 bits per heavy atom. The third-order valence-corrected chi connectivity index (χ3v) is 3.84. The molecule has 0 heterocycles. The third kappa shape index (κ3) is 7.36. The van der Waals surface area contributed by atoms with E-state index in [1.165, 1.54) is 12.1 Å². The fraction of sp³-hybridized carbons (Fsp3) is 0.143. The highest BCUT2D eigenvalue weighted by Gasteiger charge is 1.97. The van der Waals surface area contributed by atoms with Crippen molar-refractivity contribution in [2.24, 2.45) is 0 Å². The molecule has 0 spiro atoms. The van der Waals surface area contributed by atoms with Crippen LogP contribution in [0.2, 0.25) is 5.02 Å². The summed E-state index contributed by atoms with van der Waals surface area (Å²) in [7, 11) is 0. The van der Waals surface area contributed by atoms with Crippen molar-refractivity contribution in [3.8, 4) is 23.0 Å². The van der Waals surface area contributed by atoms with E-state index in [1.807, 2.05) is 26.0 Å². The predicted molar refractivity (Wildman–Crippen MR) is 105 cm³/mol. The van der Waals surface area contributed by atoms with Crippen LogP contribution in [-0.4, -0.2) is 20.4 Å². The van der Waals surface area contributed by atoms with Crippen molar-refractivity contribution in [1.29, 1.82) is 0 Å². The van der Waals surface area contributed by atoms with Gasteiger partial charge in [-0.15, -0.1) is 0 Å². The zero-order valence-electron chi connectivity index (χ0n) is 14.9. The van der Waals surface area contributed by atoms with E-state index < -0.39 is 0 Å². The molecule has 3 aromatic carbocycles. The largest absolute Gasteiger partial charge is 0.508 e. The van der Waals surface area contributed by atoms with Gasteiger partial charge >= 0.3 is 0 Å². The maximum atomic E-state index is 8.94. The molecule has 0 aliphatic rings. The molecule has 0 amide bonds. The molecular formula is C21H23ClO4. The van der Waals surface area contributed by atoms with Gasteiger partial charge in [0.25, 0.3) is 0 Å². The Morgan fingerprint density at radius 2 is 1.19 bits per heavy atom. The lowest BCUT2D eigenvalue weighted by molar-refractivity contribution is 0.443. The highest BCUT2D eigenvalue weighted by Crippen LogP contribution is 2.23. The molecule has 0 radical (unpaired) electrons. The van der Waals surface area contributed by atoms with Crippen LogP contribution in [-0.2, 0) is 0 Å². The van der Waals surface area contributed by atoms with E-state index in [1.54, 1.807) is 43.3 Å². The smallest absolute Gasteiger partial charge is 0.122 e. The molecule has 138 valence electrons.